The van der Waals surface area contributed by atoms with Crippen molar-refractivity contribution in [2.75, 3.05) is 13.2 Å². The average molecular weight is 295 g/mol. The zero-order chi connectivity index (χ0) is 12.8. The van der Waals surface area contributed by atoms with Gasteiger partial charge in [-0.25, -0.2) is 0 Å². The SMILES string of the molecule is CCOCCC(=O)CC(=O)c1cc(Cl)sc1Cl. The molecule has 6 heteroatoms. The molecule has 0 aliphatic carbocycles. The van der Waals surface area contributed by atoms with Gasteiger partial charge in [-0.2, -0.15) is 0 Å². The molecule has 0 unspecified atom stereocenters. The lowest BCUT2D eigenvalue weighted by molar-refractivity contribution is -0.119. The molecule has 0 aliphatic rings. The molecule has 0 aromatic carbocycles. The van der Waals surface area contributed by atoms with Crippen LogP contribution in [0.5, 0.6) is 0 Å². The molecule has 17 heavy (non-hydrogen) atoms. The maximum Gasteiger partial charge on any atom is 0.172 e. The van der Waals surface area contributed by atoms with Crippen molar-refractivity contribution >= 4 is 46.1 Å². The molecule has 1 heterocycles. The third-order valence-electron chi connectivity index (χ3n) is 2.04. The fraction of sp³-hybridized carbons (Fsp3) is 0.455. The smallest absolute Gasteiger partial charge is 0.172 e. The number of Topliss-reactive ketones (excluding diaryl/α,β-unsaturated/α-hetero) is 2. The Balaban J connectivity index is 2.49. The molecular weight excluding hydrogens is 283 g/mol. The largest absolute Gasteiger partial charge is 0.381 e. The van der Waals surface area contributed by atoms with Gasteiger partial charge in [-0.3, -0.25) is 9.59 Å². The average Bonchev–Trinajstić information content (AvgIpc) is 2.58. The highest BCUT2D eigenvalue weighted by Crippen LogP contribution is 2.31. The zero-order valence-corrected chi connectivity index (χ0v) is 11.6. The van der Waals surface area contributed by atoms with Gasteiger partial charge in [0, 0.05) is 18.6 Å². The van der Waals surface area contributed by atoms with Crippen molar-refractivity contribution in [3.8, 4) is 0 Å². The lowest BCUT2D eigenvalue weighted by atomic mass is 10.1. The molecule has 0 saturated carbocycles. The zero-order valence-electron chi connectivity index (χ0n) is 9.29. The number of carbonyl (C=O) groups excluding carboxylic acids is 2. The van der Waals surface area contributed by atoms with Crippen LogP contribution in [0.1, 0.15) is 30.1 Å². The predicted octanol–water partition coefficient (Wildman–Crippen LogP) is 3.62. The minimum Gasteiger partial charge on any atom is -0.381 e. The van der Waals surface area contributed by atoms with Gasteiger partial charge >= 0.3 is 0 Å². The summed E-state index contributed by atoms with van der Waals surface area (Å²) in [6, 6.07) is 1.49. The molecule has 0 fully saturated rings. The second kappa shape index (κ2) is 7.11. The van der Waals surface area contributed by atoms with Crippen molar-refractivity contribution in [2.24, 2.45) is 0 Å². The summed E-state index contributed by atoms with van der Waals surface area (Å²) in [5, 5.41) is 0. The number of hydrogen-bond donors (Lipinski definition) is 0. The summed E-state index contributed by atoms with van der Waals surface area (Å²) in [5.74, 6) is -0.443. The van der Waals surface area contributed by atoms with E-state index in [2.05, 4.69) is 0 Å². The number of carbonyl (C=O) groups is 2. The maximum absolute atomic E-state index is 11.7. The molecule has 0 N–H and O–H groups in total. The molecule has 0 atom stereocenters. The summed E-state index contributed by atoms with van der Waals surface area (Å²) >= 11 is 12.7. The van der Waals surface area contributed by atoms with Crippen LogP contribution < -0.4 is 0 Å². The molecule has 0 amide bonds. The number of ether oxygens (including phenoxy) is 1. The van der Waals surface area contributed by atoms with Crippen molar-refractivity contribution in [1.82, 2.24) is 0 Å². The minimum atomic E-state index is -0.292. The lowest BCUT2D eigenvalue weighted by Gasteiger charge is -2.00. The Hall–Kier alpha value is -0.420. The lowest BCUT2D eigenvalue weighted by Crippen LogP contribution is -2.10. The van der Waals surface area contributed by atoms with Crippen LogP contribution in [0.4, 0.5) is 0 Å². The molecule has 0 aliphatic heterocycles. The molecule has 0 spiro atoms. The third kappa shape index (κ3) is 4.76. The van der Waals surface area contributed by atoms with Gasteiger partial charge in [-0.15, -0.1) is 11.3 Å². The van der Waals surface area contributed by atoms with Crippen molar-refractivity contribution in [3.05, 3.63) is 20.3 Å². The van der Waals surface area contributed by atoms with Gasteiger partial charge < -0.3 is 4.74 Å². The number of ketones is 2. The van der Waals surface area contributed by atoms with E-state index < -0.39 is 0 Å². The van der Waals surface area contributed by atoms with Gasteiger partial charge in [-0.05, 0) is 13.0 Å². The summed E-state index contributed by atoms with van der Waals surface area (Å²) < 4.78 is 5.82. The van der Waals surface area contributed by atoms with E-state index in [0.717, 1.165) is 11.3 Å². The topological polar surface area (TPSA) is 43.4 Å². The van der Waals surface area contributed by atoms with Gasteiger partial charge in [0.15, 0.2) is 5.78 Å². The van der Waals surface area contributed by atoms with Crippen LogP contribution >= 0.6 is 34.5 Å². The Morgan fingerprint density at radius 3 is 2.65 bits per heavy atom. The third-order valence-corrected chi connectivity index (χ3v) is 3.53. The van der Waals surface area contributed by atoms with Crippen molar-refractivity contribution in [1.29, 1.82) is 0 Å². The molecule has 0 bridgehead atoms. The van der Waals surface area contributed by atoms with E-state index in [1.165, 1.54) is 6.07 Å². The molecular formula is C11H12Cl2O3S. The minimum absolute atomic E-state index is 0.151. The first-order valence-electron chi connectivity index (χ1n) is 5.12. The number of hydrogen-bond acceptors (Lipinski definition) is 4. The van der Waals surface area contributed by atoms with Crippen molar-refractivity contribution in [3.63, 3.8) is 0 Å². The summed E-state index contributed by atoms with van der Waals surface area (Å²) in [6.45, 7) is 2.76. The highest BCUT2D eigenvalue weighted by molar-refractivity contribution is 7.20. The molecule has 0 saturated heterocycles. The van der Waals surface area contributed by atoms with Crippen molar-refractivity contribution in [2.45, 2.75) is 19.8 Å². The second-order valence-corrected chi connectivity index (χ2v) is 5.61. The Bertz CT molecular complexity index is 415. The normalized spacial score (nSPS) is 10.5. The van der Waals surface area contributed by atoms with Crippen LogP contribution in [0.2, 0.25) is 8.67 Å². The van der Waals surface area contributed by atoms with Crippen LogP contribution in [0.3, 0.4) is 0 Å². The van der Waals surface area contributed by atoms with Gasteiger partial charge in [0.1, 0.15) is 10.1 Å². The molecule has 3 nitrogen and oxygen atoms in total. The maximum atomic E-state index is 11.7. The highest BCUT2D eigenvalue weighted by atomic mass is 35.5. The number of halogens is 2. The first kappa shape index (κ1) is 14.6. The predicted molar refractivity (Wildman–Crippen MR) is 69.4 cm³/mol. The summed E-state index contributed by atoms with van der Waals surface area (Å²) in [6.07, 6.45) is 0.0922. The fourth-order valence-corrected chi connectivity index (χ4v) is 2.72. The van der Waals surface area contributed by atoms with Crippen LogP contribution in [0.15, 0.2) is 6.07 Å². The Labute approximate surface area is 114 Å². The van der Waals surface area contributed by atoms with E-state index >= 15 is 0 Å². The summed E-state index contributed by atoms with van der Waals surface area (Å²) in [4.78, 5) is 23.2. The van der Waals surface area contributed by atoms with E-state index in [0.29, 0.717) is 27.4 Å². The first-order chi connectivity index (χ1) is 8.04. The van der Waals surface area contributed by atoms with E-state index in [-0.39, 0.29) is 24.4 Å². The van der Waals surface area contributed by atoms with E-state index in [1.54, 1.807) is 0 Å². The first-order valence-corrected chi connectivity index (χ1v) is 6.69. The van der Waals surface area contributed by atoms with E-state index in [1.807, 2.05) is 6.92 Å². The molecule has 0 radical (unpaired) electrons. The highest BCUT2D eigenvalue weighted by Gasteiger charge is 2.17. The summed E-state index contributed by atoms with van der Waals surface area (Å²) in [7, 11) is 0. The van der Waals surface area contributed by atoms with Gasteiger partial charge in [-0.1, -0.05) is 23.2 Å². The number of rotatable bonds is 7. The van der Waals surface area contributed by atoms with Gasteiger partial charge in [0.05, 0.1) is 17.4 Å². The van der Waals surface area contributed by atoms with Crippen LogP contribution in [0.25, 0.3) is 0 Å². The standard InChI is InChI=1S/C11H12Cl2O3S/c1-2-16-4-3-7(14)5-9(15)8-6-10(12)17-11(8)13/h6H,2-5H2,1H3. The number of thiophene rings is 1. The Morgan fingerprint density at radius 1 is 1.41 bits per heavy atom. The van der Waals surface area contributed by atoms with Gasteiger partial charge in [0.2, 0.25) is 0 Å². The monoisotopic (exact) mass is 294 g/mol. The Kier molecular flexibility index (Phi) is 6.12. The Morgan fingerprint density at radius 2 is 2.12 bits per heavy atom. The van der Waals surface area contributed by atoms with Crippen LogP contribution in [0, 0.1) is 0 Å². The van der Waals surface area contributed by atoms with Gasteiger partial charge in [0.25, 0.3) is 0 Å². The fourth-order valence-electron chi connectivity index (χ4n) is 1.22. The van der Waals surface area contributed by atoms with Crippen molar-refractivity contribution < 1.29 is 14.3 Å². The molecule has 94 valence electrons. The quantitative estimate of drug-likeness (QED) is 0.438. The van der Waals surface area contributed by atoms with E-state index in [4.69, 9.17) is 27.9 Å². The molecule has 1 rings (SSSR count). The molecule has 1 aromatic heterocycles. The van der Waals surface area contributed by atoms with Crippen LogP contribution in [-0.4, -0.2) is 24.8 Å². The second-order valence-electron chi connectivity index (χ2n) is 3.32. The summed E-state index contributed by atoms with van der Waals surface area (Å²) in [5.41, 5.74) is 0.325. The van der Waals surface area contributed by atoms with Crippen LogP contribution in [-0.2, 0) is 9.53 Å². The van der Waals surface area contributed by atoms with E-state index in [9.17, 15) is 9.59 Å². The molecule has 1 aromatic rings.